The molecule has 4 heteroatoms. The summed E-state index contributed by atoms with van der Waals surface area (Å²) in [6.07, 6.45) is -0.402. The number of nitrogens with one attached hydrogen (secondary N) is 1. The molecule has 0 heterocycles. The Morgan fingerprint density at radius 2 is 1.89 bits per heavy atom. The minimum absolute atomic E-state index is 0.0705. The third kappa shape index (κ3) is 5.19. The molecule has 0 saturated carbocycles. The van der Waals surface area contributed by atoms with Crippen LogP contribution in [-0.4, -0.2) is 36.7 Å². The first-order chi connectivity index (χ1) is 8.65. The Bertz CT molecular complexity index is 350. The molecule has 0 saturated heterocycles. The van der Waals surface area contributed by atoms with Crippen LogP contribution in [0.1, 0.15) is 20.8 Å². The Morgan fingerprint density at radius 1 is 1.28 bits per heavy atom. The highest BCUT2D eigenvalue weighted by Crippen LogP contribution is 2.08. The molecule has 0 spiro atoms. The van der Waals surface area contributed by atoms with E-state index in [9.17, 15) is 4.79 Å². The molecule has 0 aliphatic rings. The predicted octanol–water partition coefficient (Wildman–Crippen LogP) is 2.51. The molecule has 100 valence electrons. The average molecular weight is 250 g/mol. The molecule has 1 amide bonds. The first-order valence-electron chi connectivity index (χ1n) is 6.41. The number of benzene rings is 1. The van der Waals surface area contributed by atoms with Crippen molar-refractivity contribution in [3.63, 3.8) is 0 Å². The van der Waals surface area contributed by atoms with Crippen molar-refractivity contribution < 1.29 is 9.53 Å². The van der Waals surface area contributed by atoms with Crippen LogP contribution in [-0.2, 0) is 0 Å². The zero-order chi connectivity index (χ0) is 13.4. The lowest BCUT2D eigenvalue weighted by atomic mass is 10.3. The van der Waals surface area contributed by atoms with Gasteiger partial charge in [0.15, 0.2) is 0 Å². The van der Waals surface area contributed by atoms with Crippen molar-refractivity contribution in [2.45, 2.75) is 26.8 Å². The number of carbonyl (C=O) groups excluding carboxylic acids is 1. The van der Waals surface area contributed by atoms with Gasteiger partial charge in [-0.1, -0.05) is 32.0 Å². The smallest absolute Gasteiger partial charge is 0.410 e. The molecule has 4 nitrogen and oxygen atoms in total. The Balaban J connectivity index is 2.36. The lowest BCUT2D eigenvalue weighted by Crippen LogP contribution is -2.43. The average Bonchev–Trinajstić information content (AvgIpc) is 2.36. The quantitative estimate of drug-likeness (QED) is 0.843. The van der Waals surface area contributed by atoms with Gasteiger partial charge in [-0.2, -0.15) is 0 Å². The van der Waals surface area contributed by atoms with Crippen molar-refractivity contribution in [2.24, 2.45) is 0 Å². The SMILES string of the molecule is CCN(CC)CC(C)NC(=O)Oc1ccccc1. The first-order valence-corrected chi connectivity index (χ1v) is 6.41. The van der Waals surface area contributed by atoms with Crippen LogP contribution < -0.4 is 10.1 Å². The summed E-state index contributed by atoms with van der Waals surface area (Å²) in [7, 11) is 0. The fourth-order valence-corrected chi connectivity index (χ4v) is 1.74. The Hall–Kier alpha value is -1.55. The van der Waals surface area contributed by atoms with Crippen molar-refractivity contribution in [3.05, 3.63) is 30.3 Å². The van der Waals surface area contributed by atoms with E-state index in [0.717, 1.165) is 19.6 Å². The van der Waals surface area contributed by atoms with Gasteiger partial charge in [0.05, 0.1) is 0 Å². The van der Waals surface area contributed by atoms with Gasteiger partial charge >= 0.3 is 6.09 Å². The van der Waals surface area contributed by atoms with Crippen molar-refractivity contribution in [1.29, 1.82) is 0 Å². The number of hydrogen-bond donors (Lipinski definition) is 1. The maximum Gasteiger partial charge on any atom is 0.412 e. The van der Waals surface area contributed by atoms with Crippen LogP contribution in [0.2, 0.25) is 0 Å². The maximum absolute atomic E-state index is 11.6. The van der Waals surface area contributed by atoms with Crippen molar-refractivity contribution in [2.75, 3.05) is 19.6 Å². The Kier molecular flexibility index (Phi) is 6.22. The fourth-order valence-electron chi connectivity index (χ4n) is 1.74. The standard InChI is InChI=1S/C14H22N2O2/c1-4-16(5-2)11-12(3)15-14(17)18-13-9-7-6-8-10-13/h6-10,12H,4-5,11H2,1-3H3,(H,15,17). The van der Waals surface area contributed by atoms with E-state index in [2.05, 4.69) is 24.1 Å². The Morgan fingerprint density at radius 3 is 2.44 bits per heavy atom. The fraction of sp³-hybridized carbons (Fsp3) is 0.500. The number of rotatable bonds is 6. The molecule has 0 bridgehead atoms. The van der Waals surface area contributed by atoms with Crippen LogP contribution in [0.4, 0.5) is 4.79 Å². The normalized spacial score (nSPS) is 12.2. The monoisotopic (exact) mass is 250 g/mol. The van der Waals surface area contributed by atoms with Crippen LogP contribution in [0.15, 0.2) is 30.3 Å². The van der Waals surface area contributed by atoms with E-state index in [1.807, 2.05) is 25.1 Å². The second-order valence-electron chi connectivity index (χ2n) is 4.23. The van der Waals surface area contributed by atoms with Gasteiger partial charge in [0.1, 0.15) is 5.75 Å². The molecule has 0 aliphatic carbocycles. The van der Waals surface area contributed by atoms with Gasteiger partial charge in [0.25, 0.3) is 0 Å². The number of hydrogen-bond acceptors (Lipinski definition) is 3. The summed E-state index contributed by atoms with van der Waals surface area (Å²) in [5.41, 5.74) is 0. The number of likely N-dealkylation sites (N-methyl/N-ethyl adjacent to an activating group) is 1. The van der Waals surface area contributed by atoms with Crippen LogP contribution in [0, 0.1) is 0 Å². The van der Waals surface area contributed by atoms with E-state index in [1.54, 1.807) is 12.1 Å². The van der Waals surface area contributed by atoms with Gasteiger partial charge in [-0.3, -0.25) is 0 Å². The summed E-state index contributed by atoms with van der Waals surface area (Å²) in [5, 5.41) is 2.82. The largest absolute Gasteiger partial charge is 0.412 e. The molecular formula is C14H22N2O2. The molecule has 1 N–H and O–H groups in total. The zero-order valence-corrected chi connectivity index (χ0v) is 11.3. The topological polar surface area (TPSA) is 41.6 Å². The molecule has 0 aliphatic heterocycles. The molecule has 18 heavy (non-hydrogen) atoms. The van der Waals surface area contributed by atoms with Crippen LogP contribution in [0.25, 0.3) is 0 Å². The Labute approximate surface area is 109 Å². The molecular weight excluding hydrogens is 228 g/mol. The number of amides is 1. The predicted molar refractivity (Wildman–Crippen MR) is 72.9 cm³/mol. The van der Waals surface area contributed by atoms with E-state index in [4.69, 9.17) is 4.74 Å². The highest BCUT2D eigenvalue weighted by Gasteiger charge is 2.11. The van der Waals surface area contributed by atoms with Gasteiger partial charge in [0, 0.05) is 12.6 Å². The molecule has 0 radical (unpaired) electrons. The summed E-state index contributed by atoms with van der Waals surface area (Å²) in [5.74, 6) is 0.560. The minimum atomic E-state index is -0.402. The molecule has 1 aromatic rings. The van der Waals surface area contributed by atoms with Crippen LogP contribution in [0.5, 0.6) is 5.75 Å². The van der Waals surface area contributed by atoms with Gasteiger partial charge in [-0.25, -0.2) is 4.79 Å². The minimum Gasteiger partial charge on any atom is -0.410 e. The summed E-state index contributed by atoms with van der Waals surface area (Å²) in [4.78, 5) is 13.9. The van der Waals surface area contributed by atoms with E-state index < -0.39 is 6.09 Å². The third-order valence-electron chi connectivity index (χ3n) is 2.74. The zero-order valence-electron chi connectivity index (χ0n) is 11.3. The van der Waals surface area contributed by atoms with Gasteiger partial charge in [-0.15, -0.1) is 0 Å². The van der Waals surface area contributed by atoms with E-state index in [-0.39, 0.29) is 6.04 Å². The molecule has 1 rings (SSSR count). The van der Waals surface area contributed by atoms with Gasteiger partial charge < -0.3 is 15.0 Å². The van der Waals surface area contributed by atoms with Crippen molar-refractivity contribution in [3.8, 4) is 5.75 Å². The number of ether oxygens (including phenoxy) is 1. The third-order valence-corrected chi connectivity index (χ3v) is 2.74. The van der Waals surface area contributed by atoms with E-state index >= 15 is 0 Å². The summed E-state index contributed by atoms with van der Waals surface area (Å²) in [6, 6.07) is 9.14. The molecule has 0 fully saturated rings. The summed E-state index contributed by atoms with van der Waals surface area (Å²) < 4.78 is 5.17. The second-order valence-corrected chi connectivity index (χ2v) is 4.23. The summed E-state index contributed by atoms with van der Waals surface area (Å²) >= 11 is 0. The lowest BCUT2D eigenvalue weighted by Gasteiger charge is -2.23. The van der Waals surface area contributed by atoms with Crippen molar-refractivity contribution in [1.82, 2.24) is 10.2 Å². The molecule has 1 aromatic carbocycles. The van der Waals surface area contributed by atoms with E-state index in [0.29, 0.717) is 5.75 Å². The van der Waals surface area contributed by atoms with E-state index in [1.165, 1.54) is 0 Å². The lowest BCUT2D eigenvalue weighted by molar-refractivity contribution is 0.190. The number of para-hydroxylation sites is 1. The second kappa shape index (κ2) is 7.71. The van der Waals surface area contributed by atoms with Gasteiger partial charge in [-0.05, 0) is 32.1 Å². The number of carbonyl (C=O) groups is 1. The molecule has 0 aromatic heterocycles. The summed E-state index contributed by atoms with van der Waals surface area (Å²) in [6.45, 7) is 8.99. The van der Waals surface area contributed by atoms with Gasteiger partial charge in [0.2, 0.25) is 0 Å². The van der Waals surface area contributed by atoms with Crippen molar-refractivity contribution >= 4 is 6.09 Å². The molecule has 1 unspecified atom stereocenters. The maximum atomic E-state index is 11.6. The highest BCUT2D eigenvalue weighted by atomic mass is 16.6. The molecule has 1 atom stereocenters. The number of nitrogens with zero attached hydrogens (tertiary/aromatic N) is 1. The van der Waals surface area contributed by atoms with Crippen LogP contribution >= 0.6 is 0 Å². The van der Waals surface area contributed by atoms with Crippen LogP contribution in [0.3, 0.4) is 0 Å². The first kappa shape index (κ1) is 14.5. The highest BCUT2D eigenvalue weighted by molar-refractivity contribution is 5.70.